The van der Waals surface area contributed by atoms with Gasteiger partial charge in [-0.15, -0.1) is 0 Å². The molecule has 0 saturated carbocycles. The van der Waals surface area contributed by atoms with Gasteiger partial charge in [0.1, 0.15) is 5.82 Å². The fourth-order valence-corrected chi connectivity index (χ4v) is 3.64. The Morgan fingerprint density at radius 2 is 2.00 bits per heavy atom. The van der Waals surface area contributed by atoms with Gasteiger partial charge in [0.25, 0.3) is 0 Å². The molecule has 0 spiro atoms. The maximum Gasteiger partial charge on any atom is 0.222 e. The van der Waals surface area contributed by atoms with E-state index in [1.165, 1.54) is 11.6 Å². The average Bonchev–Trinajstić information content (AvgIpc) is 2.89. The molecule has 27 heavy (non-hydrogen) atoms. The number of piperidine rings is 1. The average molecular weight is 372 g/mol. The van der Waals surface area contributed by atoms with Crippen LogP contribution in [-0.4, -0.2) is 39.7 Å². The normalized spacial score (nSPS) is 15.9. The predicted octanol–water partition coefficient (Wildman–Crippen LogP) is 3.12. The van der Waals surface area contributed by atoms with Crippen molar-refractivity contribution in [1.82, 2.24) is 20.0 Å². The maximum atomic E-state index is 13.3. The van der Waals surface area contributed by atoms with Crippen LogP contribution in [0.25, 0.3) is 0 Å². The SMILES string of the molecule is Cc1nn(CCC(=O)NC2CCN(Cc3cccc(F)c3)CC2)c(C)c1C. The van der Waals surface area contributed by atoms with E-state index < -0.39 is 0 Å². The Kier molecular flexibility index (Phi) is 6.26. The molecule has 5 nitrogen and oxygen atoms in total. The first-order valence-corrected chi connectivity index (χ1v) is 9.69. The van der Waals surface area contributed by atoms with Crippen LogP contribution in [0.2, 0.25) is 0 Å². The van der Waals surface area contributed by atoms with Crippen LogP contribution in [0.15, 0.2) is 24.3 Å². The molecule has 1 amide bonds. The Balaban J connectivity index is 1.40. The van der Waals surface area contributed by atoms with E-state index in [-0.39, 0.29) is 17.8 Å². The number of aryl methyl sites for hydroxylation is 2. The fraction of sp³-hybridized carbons (Fsp3) is 0.524. The number of hydrogen-bond donors (Lipinski definition) is 1. The highest BCUT2D eigenvalue weighted by atomic mass is 19.1. The van der Waals surface area contributed by atoms with Crippen LogP contribution in [0.4, 0.5) is 4.39 Å². The lowest BCUT2D eigenvalue weighted by Crippen LogP contribution is -2.44. The molecule has 1 saturated heterocycles. The van der Waals surface area contributed by atoms with Crippen molar-refractivity contribution in [2.75, 3.05) is 13.1 Å². The molecule has 146 valence electrons. The monoisotopic (exact) mass is 372 g/mol. The highest BCUT2D eigenvalue weighted by Crippen LogP contribution is 2.15. The molecule has 3 rings (SSSR count). The third kappa shape index (κ3) is 5.16. The van der Waals surface area contributed by atoms with Crippen molar-refractivity contribution in [2.45, 2.75) is 59.2 Å². The lowest BCUT2D eigenvalue weighted by atomic mass is 10.0. The minimum absolute atomic E-state index is 0.0868. The Labute approximate surface area is 160 Å². The third-order valence-electron chi connectivity index (χ3n) is 5.54. The van der Waals surface area contributed by atoms with Crippen molar-refractivity contribution >= 4 is 5.91 Å². The Bertz CT molecular complexity index is 793. The molecule has 1 aromatic heterocycles. The number of carbonyl (C=O) groups excluding carboxylic acids is 1. The van der Waals surface area contributed by atoms with Crippen molar-refractivity contribution in [2.24, 2.45) is 0 Å². The largest absolute Gasteiger partial charge is 0.353 e. The Morgan fingerprint density at radius 1 is 1.26 bits per heavy atom. The second-order valence-electron chi connectivity index (χ2n) is 7.52. The molecule has 1 fully saturated rings. The molecule has 2 heterocycles. The number of benzene rings is 1. The van der Waals surface area contributed by atoms with Gasteiger partial charge in [0, 0.05) is 44.3 Å². The van der Waals surface area contributed by atoms with Crippen molar-refractivity contribution in [3.05, 3.63) is 52.6 Å². The van der Waals surface area contributed by atoms with Crippen LogP contribution >= 0.6 is 0 Å². The highest BCUT2D eigenvalue weighted by molar-refractivity contribution is 5.76. The molecule has 0 atom stereocenters. The van der Waals surface area contributed by atoms with E-state index >= 15 is 0 Å². The molecular formula is C21H29FN4O. The number of halogens is 1. The Hall–Kier alpha value is -2.21. The van der Waals surface area contributed by atoms with Gasteiger partial charge < -0.3 is 5.32 Å². The standard InChI is InChI=1S/C21H29FN4O/c1-15-16(2)24-26(17(15)3)12-9-21(27)23-20-7-10-25(11-8-20)14-18-5-4-6-19(22)13-18/h4-6,13,20H,7-12,14H2,1-3H3,(H,23,27). The summed E-state index contributed by atoms with van der Waals surface area (Å²) in [5.74, 6) is -0.101. The molecule has 1 aliphatic heterocycles. The number of carbonyl (C=O) groups is 1. The topological polar surface area (TPSA) is 50.2 Å². The lowest BCUT2D eigenvalue weighted by molar-refractivity contribution is -0.122. The fourth-order valence-electron chi connectivity index (χ4n) is 3.64. The van der Waals surface area contributed by atoms with Gasteiger partial charge in [-0.25, -0.2) is 4.39 Å². The number of amides is 1. The third-order valence-corrected chi connectivity index (χ3v) is 5.54. The van der Waals surface area contributed by atoms with Crippen LogP contribution in [0.5, 0.6) is 0 Å². The van der Waals surface area contributed by atoms with Gasteiger partial charge in [-0.05, 0) is 56.9 Å². The number of aromatic nitrogens is 2. The van der Waals surface area contributed by atoms with E-state index in [0.717, 1.165) is 49.4 Å². The minimum Gasteiger partial charge on any atom is -0.353 e. The number of nitrogens with zero attached hydrogens (tertiary/aromatic N) is 3. The van der Waals surface area contributed by atoms with E-state index in [1.807, 2.05) is 24.6 Å². The van der Waals surface area contributed by atoms with Crippen LogP contribution in [0, 0.1) is 26.6 Å². The maximum absolute atomic E-state index is 13.3. The summed E-state index contributed by atoms with van der Waals surface area (Å²) >= 11 is 0. The summed E-state index contributed by atoms with van der Waals surface area (Å²) in [6.45, 7) is 9.31. The van der Waals surface area contributed by atoms with Crippen molar-refractivity contribution in [3.8, 4) is 0 Å². The summed E-state index contributed by atoms with van der Waals surface area (Å²) in [5.41, 5.74) is 4.35. The van der Waals surface area contributed by atoms with Crippen molar-refractivity contribution in [3.63, 3.8) is 0 Å². The van der Waals surface area contributed by atoms with Crippen LogP contribution in [-0.2, 0) is 17.9 Å². The van der Waals surface area contributed by atoms with Gasteiger partial charge in [-0.1, -0.05) is 12.1 Å². The zero-order valence-corrected chi connectivity index (χ0v) is 16.5. The van der Waals surface area contributed by atoms with Gasteiger partial charge in [0.15, 0.2) is 0 Å². The summed E-state index contributed by atoms with van der Waals surface area (Å²) in [5, 5.41) is 7.64. The minimum atomic E-state index is -0.188. The summed E-state index contributed by atoms with van der Waals surface area (Å²) in [6.07, 6.45) is 2.31. The number of likely N-dealkylation sites (tertiary alicyclic amines) is 1. The van der Waals surface area contributed by atoms with Crippen LogP contribution in [0.1, 0.15) is 41.8 Å². The first-order valence-electron chi connectivity index (χ1n) is 9.69. The lowest BCUT2D eigenvalue weighted by Gasteiger charge is -2.32. The molecular weight excluding hydrogens is 343 g/mol. The zero-order valence-electron chi connectivity index (χ0n) is 16.5. The van der Waals surface area contributed by atoms with Crippen molar-refractivity contribution in [1.29, 1.82) is 0 Å². The predicted molar refractivity (Wildman–Crippen MR) is 104 cm³/mol. The quantitative estimate of drug-likeness (QED) is 0.848. The molecule has 6 heteroatoms. The molecule has 2 aromatic rings. The summed E-state index contributed by atoms with van der Waals surface area (Å²) in [6, 6.07) is 7.00. The van der Waals surface area contributed by atoms with Crippen LogP contribution < -0.4 is 5.32 Å². The van der Waals surface area contributed by atoms with Gasteiger partial charge in [0.2, 0.25) is 5.91 Å². The molecule has 0 unspecified atom stereocenters. The smallest absolute Gasteiger partial charge is 0.222 e. The first kappa shape index (κ1) is 19.5. The van der Waals surface area contributed by atoms with Gasteiger partial charge in [0.05, 0.1) is 5.69 Å². The zero-order chi connectivity index (χ0) is 19.4. The van der Waals surface area contributed by atoms with E-state index in [0.29, 0.717) is 13.0 Å². The number of rotatable bonds is 6. The van der Waals surface area contributed by atoms with Gasteiger partial charge in [-0.2, -0.15) is 5.10 Å². The first-order chi connectivity index (χ1) is 12.9. The van der Waals surface area contributed by atoms with Gasteiger partial charge >= 0.3 is 0 Å². The summed E-state index contributed by atoms with van der Waals surface area (Å²) in [4.78, 5) is 14.6. The molecule has 0 aliphatic carbocycles. The highest BCUT2D eigenvalue weighted by Gasteiger charge is 2.21. The second-order valence-corrected chi connectivity index (χ2v) is 7.52. The van der Waals surface area contributed by atoms with E-state index in [4.69, 9.17) is 0 Å². The number of nitrogens with one attached hydrogen (secondary N) is 1. The van der Waals surface area contributed by atoms with Crippen molar-refractivity contribution < 1.29 is 9.18 Å². The summed E-state index contributed by atoms with van der Waals surface area (Å²) in [7, 11) is 0. The van der Waals surface area contributed by atoms with Crippen LogP contribution in [0.3, 0.4) is 0 Å². The molecule has 0 bridgehead atoms. The molecule has 1 aliphatic rings. The molecule has 1 N–H and O–H groups in total. The van der Waals surface area contributed by atoms with E-state index in [9.17, 15) is 9.18 Å². The molecule has 0 radical (unpaired) electrons. The Morgan fingerprint density at radius 3 is 2.63 bits per heavy atom. The van der Waals surface area contributed by atoms with E-state index in [1.54, 1.807) is 12.1 Å². The number of hydrogen-bond acceptors (Lipinski definition) is 3. The van der Waals surface area contributed by atoms with E-state index in [2.05, 4.69) is 22.2 Å². The van der Waals surface area contributed by atoms with Gasteiger partial charge in [-0.3, -0.25) is 14.4 Å². The summed E-state index contributed by atoms with van der Waals surface area (Å²) < 4.78 is 15.2. The second kappa shape index (κ2) is 8.65. The molecule has 1 aromatic carbocycles.